The molecule has 4 rings (SSSR count). The van der Waals surface area contributed by atoms with Gasteiger partial charge < -0.3 is 14.6 Å². The fraction of sp³-hybridized carbons (Fsp3) is 0.292. The third-order valence-corrected chi connectivity index (χ3v) is 5.79. The average Bonchev–Trinajstić information content (AvgIpc) is 3.12. The molecule has 3 aromatic rings. The van der Waals surface area contributed by atoms with Gasteiger partial charge in [-0.25, -0.2) is 8.78 Å². The Hall–Kier alpha value is -3.55. The minimum absolute atomic E-state index is 0.202. The quantitative estimate of drug-likeness (QED) is 0.480. The van der Waals surface area contributed by atoms with Crippen molar-refractivity contribution in [3.05, 3.63) is 70.9 Å². The smallest absolute Gasteiger partial charge is 0.309 e. The molecule has 1 amide bonds. The van der Waals surface area contributed by atoms with E-state index in [4.69, 9.17) is 4.74 Å². The molecule has 0 saturated carbocycles. The number of benzene rings is 2. The summed E-state index contributed by atoms with van der Waals surface area (Å²) >= 11 is 0. The van der Waals surface area contributed by atoms with Crippen molar-refractivity contribution in [3.8, 4) is 0 Å². The maximum Gasteiger partial charge on any atom is 0.309 e. The average molecular weight is 440 g/mol. The van der Waals surface area contributed by atoms with Crippen LogP contribution in [0.15, 0.2) is 42.5 Å². The predicted molar refractivity (Wildman–Crippen MR) is 113 cm³/mol. The lowest BCUT2D eigenvalue weighted by Crippen LogP contribution is -2.41. The number of esters is 1. The van der Waals surface area contributed by atoms with E-state index in [1.54, 1.807) is 6.92 Å². The van der Waals surface area contributed by atoms with Gasteiger partial charge in [0.2, 0.25) is 5.78 Å². The zero-order valence-corrected chi connectivity index (χ0v) is 17.5. The number of para-hydroxylation sites is 1. The molecule has 166 valence electrons. The minimum atomic E-state index is -0.914. The van der Waals surface area contributed by atoms with E-state index in [-0.39, 0.29) is 31.0 Å². The first-order chi connectivity index (χ1) is 15.3. The number of aromatic amines is 1. The molecule has 0 bridgehead atoms. The van der Waals surface area contributed by atoms with Crippen molar-refractivity contribution >= 4 is 28.6 Å². The summed E-state index contributed by atoms with van der Waals surface area (Å²) in [6, 6.07) is 10.2. The molecular weight excluding hydrogens is 418 g/mol. The van der Waals surface area contributed by atoms with Gasteiger partial charge in [0.05, 0.1) is 11.5 Å². The van der Waals surface area contributed by atoms with E-state index in [0.29, 0.717) is 30.2 Å². The third kappa shape index (κ3) is 4.26. The van der Waals surface area contributed by atoms with E-state index >= 15 is 0 Å². The Balaban J connectivity index is 1.32. The Morgan fingerprint density at radius 2 is 1.81 bits per heavy atom. The number of H-pyrrole nitrogens is 1. The lowest BCUT2D eigenvalue weighted by Gasteiger charge is -2.31. The van der Waals surface area contributed by atoms with Gasteiger partial charge in [0, 0.05) is 41.3 Å². The number of fused-ring (bicyclic) bond motifs is 1. The molecular formula is C24H22F2N2O4. The number of rotatable bonds is 5. The minimum Gasteiger partial charge on any atom is -0.457 e. The number of nitrogens with zero attached hydrogens (tertiary/aromatic N) is 1. The van der Waals surface area contributed by atoms with Gasteiger partial charge in [-0.3, -0.25) is 14.4 Å². The van der Waals surface area contributed by atoms with Crippen LogP contribution < -0.4 is 0 Å². The normalized spacial score (nSPS) is 14.5. The van der Waals surface area contributed by atoms with Crippen molar-refractivity contribution in [3.63, 3.8) is 0 Å². The Morgan fingerprint density at radius 1 is 1.09 bits per heavy atom. The molecule has 0 atom stereocenters. The maximum atomic E-state index is 13.9. The highest BCUT2D eigenvalue weighted by Crippen LogP contribution is 2.24. The van der Waals surface area contributed by atoms with E-state index in [1.165, 1.54) is 4.90 Å². The number of hydrogen-bond acceptors (Lipinski definition) is 4. The summed E-state index contributed by atoms with van der Waals surface area (Å²) in [5, 5.41) is 0.783. The summed E-state index contributed by atoms with van der Waals surface area (Å²) in [6.07, 6.45) is 0.682. The number of likely N-dealkylation sites (tertiary alicyclic amines) is 1. The van der Waals surface area contributed by atoms with Crippen molar-refractivity contribution in [1.29, 1.82) is 0 Å². The first-order valence-electron chi connectivity index (χ1n) is 10.4. The Morgan fingerprint density at radius 3 is 2.53 bits per heavy atom. The summed E-state index contributed by atoms with van der Waals surface area (Å²) in [5.74, 6) is -3.43. The number of aromatic nitrogens is 1. The number of Topliss-reactive ketones (excluding diaryl/α,β-unsaturated/α-hetero) is 1. The maximum absolute atomic E-state index is 13.9. The summed E-state index contributed by atoms with van der Waals surface area (Å²) in [4.78, 5) is 42.2. The van der Waals surface area contributed by atoms with Crippen molar-refractivity contribution in [2.24, 2.45) is 5.92 Å². The number of nitrogens with one attached hydrogen (secondary N) is 1. The van der Waals surface area contributed by atoms with Crippen LogP contribution >= 0.6 is 0 Å². The van der Waals surface area contributed by atoms with Crippen LogP contribution in [0.25, 0.3) is 10.9 Å². The van der Waals surface area contributed by atoms with E-state index in [1.807, 2.05) is 24.3 Å². The van der Waals surface area contributed by atoms with Gasteiger partial charge in [0.15, 0.2) is 6.61 Å². The number of carbonyl (C=O) groups is 3. The molecule has 6 nitrogen and oxygen atoms in total. The van der Waals surface area contributed by atoms with Crippen LogP contribution in [-0.4, -0.2) is 47.2 Å². The van der Waals surface area contributed by atoms with Crippen LogP contribution in [0.2, 0.25) is 0 Å². The van der Waals surface area contributed by atoms with Crippen LogP contribution in [0.5, 0.6) is 0 Å². The molecule has 1 aliphatic heterocycles. The summed E-state index contributed by atoms with van der Waals surface area (Å²) in [7, 11) is 0. The lowest BCUT2D eigenvalue weighted by molar-refractivity contribution is -0.148. The van der Waals surface area contributed by atoms with Crippen LogP contribution in [0.4, 0.5) is 8.78 Å². The molecule has 1 fully saturated rings. The Kier molecular flexibility index (Phi) is 6.03. The number of amides is 1. The second-order valence-corrected chi connectivity index (χ2v) is 7.89. The number of piperidine rings is 1. The van der Waals surface area contributed by atoms with Crippen molar-refractivity contribution < 1.29 is 27.9 Å². The van der Waals surface area contributed by atoms with E-state index < -0.39 is 29.4 Å². The number of hydrogen-bond donors (Lipinski definition) is 1. The molecule has 1 aromatic heterocycles. The van der Waals surface area contributed by atoms with Gasteiger partial charge in [-0.2, -0.15) is 0 Å². The number of halogens is 2. The number of ketones is 1. The van der Waals surface area contributed by atoms with Gasteiger partial charge in [-0.1, -0.05) is 18.2 Å². The number of carbonyl (C=O) groups excluding carboxylic acids is 3. The van der Waals surface area contributed by atoms with Crippen LogP contribution in [0.3, 0.4) is 0 Å². The fourth-order valence-electron chi connectivity index (χ4n) is 4.11. The van der Waals surface area contributed by atoms with E-state index in [2.05, 4.69) is 4.98 Å². The molecule has 32 heavy (non-hydrogen) atoms. The monoisotopic (exact) mass is 440 g/mol. The van der Waals surface area contributed by atoms with Gasteiger partial charge in [0.25, 0.3) is 5.91 Å². The van der Waals surface area contributed by atoms with Crippen molar-refractivity contribution in [1.82, 2.24) is 9.88 Å². The number of ether oxygens (including phenoxy) is 1. The van der Waals surface area contributed by atoms with Crippen LogP contribution in [0.1, 0.15) is 39.3 Å². The van der Waals surface area contributed by atoms with E-state index in [0.717, 1.165) is 23.0 Å². The SMILES string of the molecule is Cc1[nH]c2ccccc2c1C(=O)COC(=O)C1CCN(C(=O)c2ccc(F)cc2F)CC1. The van der Waals surface area contributed by atoms with Crippen LogP contribution in [0, 0.1) is 24.5 Å². The molecule has 8 heteroatoms. The second-order valence-electron chi connectivity index (χ2n) is 7.89. The molecule has 0 spiro atoms. The molecule has 0 radical (unpaired) electrons. The highest BCUT2D eigenvalue weighted by Gasteiger charge is 2.30. The number of aryl methyl sites for hydroxylation is 1. The fourth-order valence-corrected chi connectivity index (χ4v) is 4.11. The molecule has 2 aromatic carbocycles. The molecule has 1 aliphatic rings. The van der Waals surface area contributed by atoms with Crippen LogP contribution in [-0.2, 0) is 9.53 Å². The van der Waals surface area contributed by atoms with E-state index in [9.17, 15) is 23.2 Å². The summed E-state index contributed by atoms with van der Waals surface area (Å²) < 4.78 is 32.2. The molecule has 0 unspecified atom stereocenters. The first-order valence-corrected chi connectivity index (χ1v) is 10.4. The van der Waals surface area contributed by atoms with Gasteiger partial charge in [0.1, 0.15) is 11.6 Å². The second kappa shape index (κ2) is 8.90. The summed E-state index contributed by atoms with van der Waals surface area (Å²) in [5.41, 5.74) is 1.86. The highest BCUT2D eigenvalue weighted by atomic mass is 19.1. The standard InChI is InChI=1S/C24H22F2N2O4/c1-14-22(18-4-2-3-5-20(18)27-14)21(29)13-32-24(31)15-8-10-28(11-9-15)23(30)17-7-6-16(25)12-19(17)26/h2-7,12,15,27H,8-11,13H2,1H3. The zero-order chi connectivity index (χ0) is 22.8. The Labute approximate surface area is 183 Å². The molecule has 2 heterocycles. The highest BCUT2D eigenvalue weighted by molar-refractivity contribution is 6.10. The summed E-state index contributed by atoms with van der Waals surface area (Å²) in [6.45, 7) is 1.92. The van der Waals surface area contributed by atoms with Crippen molar-refractivity contribution in [2.45, 2.75) is 19.8 Å². The van der Waals surface area contributed by atoms with Gasteiger partial charge in [-0.05, 0) is 38.0 Å². The zero-order valence-electron chi connectivity index (χ0n) is 17.5. The largest absolute Gasteiger partial charge is 0.457 e. The third-order valence-electron chi connectivity index (χ3n) is 5.79. The Bertz CT molecular complexity index is 1200. The lowest BCUT2D eigenvalue weighted by atomic mass is 9.96. The molecule has 0 aliphatic carbocycles. The molecule has 1 N–H and O–H groups in total. The van der Waals surface area contributed by atoms with Gasteiger partial charge >= 0.3 is 5.97 Å². The topological polar surface area (TPSA) is 79.5 Å². The van der Waals surface area contributed by atoms with Crippen molar-refractivity contribution in [2.75, 3.05) is 19.7 Å². The first kappa shape index (κ1) is 21.7. The predicted octanol–water partition coefficient (Wildman–Crippen LogP) is 4.03. The van der Waals surface area contributed by atoms with Gasteiger partial charge in [-0.15, -0.1) is 0 Å². The molecule has 1 saturated heterocycles.